The average molecular weight is 394 g/mol. The molecule has 1 unspecified atom stereocenters. The monoisotopic (exact) mass is 394 g/mol. The minimum absolute atomic E-state index is 0.0290. The third-order valence-electron chi connectivity index (χ3n) is 6.36. The third kappa shape index (κ3) is 3.07. The van der Waals surface area contributed by atoms with Gasteiger partial charge in [-0.05, 0) is 49.8 Å². The molecular formula is C21H23FN6O. The van der Waals surface area contributed by atoms with Gasteiger partial charge >= 0.3 is 0 Å². The van der Waals surface area contributed by atoms with E-state index >= 15 is 0 Å². The normalized spacial score (nSPS) is 28.6. The number of aromatic hydroxyl groups is 1. The topological polar surface area (TPSA) is 87.1 Å². The molecule has 150 valence electrons. The van der Waals surface area contributed by atoms with Gasteiger partial charge in [-0.15, -0.1) is 10.2 Å². The van der Waals surface area contributed by atoms with Gasteiger partial charge in [0, 0.05) is 36.4 Å². The number of nitrogens with zero attached hydrogens (tertiary/aromatic N) is 5. The minimum atomic E-state index is -0.963. The van der Waals surface area contributed by atoms with Crippen LogP contribution in [-0.4, -0.2) is 56.1 Å². The van der Waals surface area contributed by atoms with E-state index in [1.807, 2.05) is 24.1 Å². The van der Waals surface area contributed by atoms with Crippen LogP contribution in [-0.2, 0) is 0 Å². The molecule has 2 aliphatic rings. The fraction of sp³-hybridized carbons (Fsp3) is 0.429. The first-order valence-corrected chi connectivity index (χ1v) is 9.85. The number of alkyl halides is 1. The Bertz CT molecular complexity index is 1060. The molecule has 2 fully saturated rings. The van der Waals surface area contributed by atoms with Crippen LogP contribution in [0.3, 0.4) is 0 Å². The summed E-state index contributed by atoms with van der Waals surface area (Å²) in [5.74, 6) is 0.920. The largest absolute Gasteiger partial charge is 0.507 e. The van der Waals surface area contributed by atoms with Crippen molar-refractivity contribution in [3.63, 3.8) is 0 Å². The maximum Gasteiger partial charge on any atom is 0.185 e. The van der Waals surface area contributed by atoms with Crippen LogP contribution in [0.15, 0.2) is 36.8 Å². The first kappa shape index (κ1) is 18.2. The molecule has 4 heterocycles. The van der Waals surface area contributed by atoms with Crippen molar-refractivity contribution >= 4 is 16.6 Å². The summed E-state index contributed by atoms with van der Waals surface area (Å²) in [6.07, 6.45) is 6.58. The van der Waals surface area contributed by atoms with Crippen LogP contribution in [0.4, 0.5) is 10.2 Å². The van der Waals surface area contributed by atoms with Crippen molar-refractivity contribution in [3.8, 4) is 17.1 Å². The van der Waals surface area contributed by atoms with Gasteiger partial charge in [-0.2, -0.15) is 0 Å². The number of phenolic OH excluding ortho intramolecular Hbond substituents is 1. The lowest BCUT2D eigenvalue weighted by atomic mass is 9.87. The van der Waals surface area contributed by atoms with E-state index in [9.17, 15) is 9.50 Å². The van der Waals surface area contributed by atoms with Gasteiger partial charge in [0.25, 0.3) is 0 Å². The van der Waals surface area contributed by atoms with Crippen molar-refractivity contribution in [1.29, 1.82) is 0 Å². The second-order valence-electron chi connectivity index (χ2n) is 8.41. The van der Waals surface area contributed by atoms with Crippen molar-refractivity contribution in [2.24, 2.45) is 0 Å². The van der Waals surface area contributed by atoms with Gasteiger partial charge < -0.3 is 15.3 Å². The first-order chi connectivity index (χ1) is 13.9. The maximum atomic E-state index is 15.0. The van der Waals surface area contributed by atoms with Crippen LogP contribution < -0.4 is 10.2 Å². The number of fused-ring (bicyclic) bond motifs is 3. The average Bonchev–Trinajstić information content (AvgIpc) is 3.07. The molecule has 2 saturated heterocycles. The number of hydrogen-bond donors (Lipinski definition) is 2. The molecule has 2 N–H and O–H groups in total. The highest BCUT2D eigenvalue weighted by Crippen LogP contribution is 2.39. The van der Waals surface area contributed by atoms with Crippen molar-refractivity contribution in [2.75, 3.05) is 11.9 Å². The highest BCUT2D eigenvalue weighted by Gasteiger charge is 2.49. The Morgan fingerprint density at radius 3 is 2.90 bits per heavy atom. The van der Waals surface area contributed by atoms with E-state index in [1.165, 1.54) is 0 Å². The summed E-state index contributed by atoms with van der Waals surface area (Å²) in [6, 6.07) is 4.94. The van der Waals surface area contributed by atoms with E-state index in [4.69, 9.17) is 0 Å². The molecule has 0 aliphatic carbocycles. The number of benzene rings is 1. The minimum Gasteiger partial charge on any atom is -0.507 e. The highest BCUT2D eigenvalue weighted by atomic mass is 19.1. The van der Waals surface area contributed by atoms with Crippen molar-refractivity contribution in [2.45, 2.75) is 50.0 Å². The molecule has 5 rings (SSSR count). The number of aromatic nitrogens is 4. The molecule has 2 bridgehead atoms. The van der Waals surface area contributed by atoms with E-state index in [0.717, 1.165) is 23.6 Å². The standard InChI is InChI=1S/C21H23FN6O/c1-21-5-3-15(25-21)19(22)16(9-21)28(2)18-11-24-20(27-26-18)14-7-12-4-6-23-10-13(12)8-17(14)29/h4,6-8,10-11,15-16,19,25,29H,3,5,9H2,1-2H3/t15?,16-,19-,21-/m0/s1. The molecule has 0 spiro atoms. The SMILES string of the molecule is CN(c1cnc(-c2cc3ccncc3cc2O)nn1)[C@H]1C[C@]2(C)CCC(N2)[C@@H]1F. The molecular weight excluding hydrogens is 371 g/mol. The number of anilines is 1. The molecule has 7 nitrogen and oxygen atoms in total. The quantitative estimate of drug-likeness (QED) is 0.706. The lowest BCUT2D eigenvalue weighted by Gasteiger charge is -2.43. The Balaban J connectivity index is 1.42. The third-order valence-corrected chi connectivity index (χ3v) is 6.36. The number of piperidine rings is 1. The predicted molar refractivity (Wildman–Crippen MR) is 108 cm³/mol. The lowest BCUT2D eigenvalue weighted by molar-refractivity contribution is 0.144. The molecule has 8 heteroatoms. The van der Waals surface area contributed by atoms with Gasteiger partial charge in [0.2, 0.25) is 0 Å². The fourth-order valence-corrected chi connectivity index (χ4v) is 4.69. The van der Waals surface area contributed by atoms with Gasteiger partial charge in [0.15, 0.2) is 11.6 Å². The Morgan fingerprint density at radius 2 is 2.10 bits per heavy atom. The summed E-state index contributed by atoms with van der Waals surface area (Å²) >= 11 is 0. The molecule has 0 radical (unpaired) electrons. The Kier molecular flexibility index (Phi) is 4.13. The van der Waals surface area contributed by atoms with Gasteiger partial charge in [0.05, 0.1) is 17.8 Å². The van der Waals surface area contributed by atoms with Gasteiger partial charge in [0.1, 0.15) is 11.9 Å². The van der Waals surface area contributed by atoms with Crippen molar-refractivity contribution < 1.29 is 9.50 Å². The molecule has 4 atom stereocenters. The van der Waals surface area contributed by atoms with Crippen molar-refractivity contribution in [1.82, 2.24) is 25.5 Å². The molecule has 2 aromatic heterocycles. The van der Waals surface area contributed by atoms with Gasteiger partial charge in [-0.25, -0.2) is 9.37 Å². The van der Waals surface area contributed by atoms with Gasteiger partial charge in [-0.3, -0.25) is 4.98 Å². The summed E-state index contributed by atoms with van der Waals surface area (Å²) in [4.78, 5) is 10.3. The smallest absolute Gasteiger partial charge is 0.185 e. The Morgan fingerprint density at radius 1 is 1.24 bits per heavy atom. The summed E-state index contributed by atoms with van der Waals surface area (Å²) in [7, 11) is 1.84. The molecule has 29 heavy (non-hydrogen) atoms. The number of nitrogens with one attached hydrogen (secondary N) is 1. The maximum absolute atomic E-state index is 15.0. The summed E-state index contributed by atoms with van der Waals surface area (Å²) in [5, 5.41) is 24.0. The number of halogens is 1. The molecule has 0 amide bonds. The molecule has 0 saturated carbocycles. The number of pyridine rings is 1. The fourth-order valence-electron chi connectivity index (χ4n) is 4.69. The summed E-state index contributed by atoms with van der Waals surface area (Å²) in [5.41, 5.74) is 0.472. The zero-order chi connectivity index (χ0) is 20.2. The number of phenols is 1. The predicted octanol–water partition coefficient (Wildman–Crippen LogP) is 2.85. The van der Waals surface area contributed by atoms with Crippen LogP contribution in [0.5, 0.6) is 5.75 Å². The van der Waals surface area contributed by atoms with Crippen LogP contribution in [0, 0.1) is 0 Å². The molecule has 2 aliphatic heterocycles. The van der Waals surface area contributed by atoms with E-state index < -0.39 is 6.17 Å². The Hall–Kier alpha value is -2.87. The van der Waals surface area contributed by atoms with E-state index in [1.54, 1.807) is 24.7 Å². The van der Waals surface area contributed by atoms with Crippen LogP contribution in [0.1, 0.15) is 26.2 Å². The summed E-state index contributed by atoms with van der Waals surface area (Å²) < 4.78 is 15.0. The highest BCUT2D eigenvalue weighted by molar-refractivity contribution is 5.88. The zero-order valence-corrected chi connectivity index (χ0v) is 16.4. The molecule has 1 aromatic carbocycles. The molecule has 3 aromatic rings. The Labute approximate surface area is 168 Å². The second-order valence-corrected chi connectivity index (χ2v) is 8.41. The van der Waals surface area contributed by atoms with E-state index in [2.05, 4.69) is 32.4 Å². The zero-order valence-electron chi connectivity index (χ0n) is 16.4. The van der Waals surface area contributed by atoms with Crippen LogP contribution in [0.25, 0.3) is 22.2 Å². The number of rotatable bonds is 3. The second kappa shape index (κ2) is 6.59. The lowest BCUT2D eigenvalue weighted by Crippen LogP contribution is -2.60. The van der Waals surface area contributed by atoms with E-state index in [0.29, 0.717) is 23.6 Å². The van der Waals surface area contributed by atoms with E-state index in [-0.39, 0.29) is 23.4 Å². The van der Waals surface area contributed by atoms with Crippen molar-refractivity contribution in [3.05, 3.63) is 36.8 Å². The van der Waals surface area contributed by atoms with Crippen LogP contribution >= 0.6 is 0 Å². The van der Waals surface area contributed by atoms with Crippen LogP contribution in [0.2, 0.25) is 0 Å². The first-order valence-electron chi connectivity index (χ1n) is 9.85. The number of hydrogen-bond acceptors (Lipinski definition) is 7. The summed E-state index contributed by atoms with van der Waals surface area (Å²) in [6.45, 7) is 2.16. The van der Waals surface area contributed by atoms with Gasteiger partial charge in [-0.1, -0.05) is 0 Å².